The van der Waals surface area contributed by atoms with Crippen LogP contribution in [-0.2, 0) is 19.1 Å². The Morgan fingerprint density at radius 3 is 2.48 bits per heavy atom. The number of hydrogen-bond donors (Lipinski definition) is 0. The highest BCUT2D eigenvalue weighted by Crippen LogP contribution is 2.34. The third kappa shape index (κ3) is 4.10. The zero-order valence-corrected chi connectivity index (χ0v) is 18.0. The molecule has 0 bridgehead atoms. The molecule has 0 spiro atoms. The Labute approximate surface area is 191 Å². The lowest BCUT2D eigenvalue weighted by Gasteiger charge is -2.22. The molecule has 1 aliphatic heterocycles. The van der Waals surface area contributed by atoms with Gasteiger partial charge in [0.15, 0.2) is 17.2 Å². The largest absolute Gasteiger partial charge is 0.465 e. The number of benzene rings is 2. The summed E-state index contributed by atoms with van der Waals surface area (Å²) < 4.78 is 42.5. The molecule has 1 aliphatic rings. The maximum atomic E-state index is 13.7. The van der Waals surface area contributed by atoms with Crippen molar-refractivity contribution in [3.8, 4) is 11.5 Å². The highest BCUT2D eigenvalue weighted by molar-refractivity contribution is 6.33. The van der Waals surface area contributed by atoms with Crippen molar-refractivity contribution in [3.05, 3.63) is 82.7 Å². The molecule has 33 heavy (non-hydrogen) atoms. The van der Waals surface area contributed by atoms with Gasteiger partial charge in [-0.05, 0) is 42.5 Å². The first-order chi connectivity index (χ1) is 15.8. The molecular formula is C23H15ClF2N2O5. The molecule has 2 heterocycles. The van der Waals surface area contributed by atoms with E-state index >= 15 is 0 Å². The van der Waals surface area contributed by atoms with E-state index in [1.807, 2.05) is 0 Å². The number of carbonyl (C=O) groups excluding carboxylic acids is 2. The molecule has 10 heteroatoms. The van der Waals surface area contributed by atoms with Crippen LogP contribution in [0.2, 0.25) is 5.02 Å². The number of nitrogens with zero attached hydrogens (tertiary/aromatic N) is 2. The van der Waals surface area contributed by atoms with E-state index in [1.165, 1.54) is 25.2 Å². The second kappa shape index (κ2) is 8.87. The van der Waals surface area contributed by atoms with Gasteiger partial charge in [-0.2, -0.15) is 0 Å². The average molecular weight is 473 g/mol. The van der Waals surface area contributed by atoms with Gasteiger partial charge in [-0.3, -0.25) is 0 Å². The van der Waals surface area contributed by atoms with Crippen molar-refractivity contribution in [2.75, 3.05) is 19.1 Å². The highest BCUT2D eigenvalue weighted by Gasteiger charge is 2.28. The molecule has 0 saturated carbocycles. The summed E-state index contributed by atoms with van der Waals surface area (Å²) >= 11 is 6.03. The number of hydrogen-bond acceptors (Lipinski definition) is 7. The number of ether oxygens (including phenoxy) is 2. The number of oxazole rings is 1. The molecule has 0 N–H and O–H groups in total. The van der Waals surface area contributed by atoms with Gasteiger partial charge < -0.3 is 18.8 Å². The predicted molar refractivity (Wildman–Crippen MR) is 116 cm³/mol. The molecule has 0 fully saturated rings. The maximum absolute atomic E-state index is 13.7. The van der Waals surface area contributed by atoms with E-state index in [2.05, 4.69) is 4.98 Å². The highest BCUT2D eigenvalue weighted by atomic mass is 35.5. The summed E-state index contributed by atoms with van der Waals surface area (Å²) in [4.78, 5) is 30.6. The smallest absolute Gasteiger partial charge is 0.355 e. The standard InChI is InChI=1S/C23H15ClF2N2O5/c1-31-22(29)13-5-3-4-8-28(20(13)23(30)32-2)12-6-7-19-18(9-12)27-21(33-19)14-10-16(25)17(26)11-15(14)24/h3-11H,1-2H3. The summed E-state index contributed by atoms with van der Waals surface area (Å²) in [6.07, 6.45) is 6.20. The molecule has 2 aromatic carbocycles. The third-order valence-electron chi connectivity index (χ3n) is 4.78. The minimum Gasteiger partial charge on any atom is -0.465 e. The fraction of sp³-hybridized carbons (Fsp3) is 0.0870. The number of rotatable bonds is 4. The van der Waals surface area contributed by atoms with Gasteiger partial charge in [0.05, 0.1) is 30.4 Å². The Kier molecular flexibility index (Phi) is 5.97. The Bertz CT molecular complexity index is 1380. The Morgan fingerprint density at radius 2 is 1.76 bits per heavy atom. The summed E-state index contributed by atoms with van der Waals surface area (Å²) in [7, 11) is 2.40. The molecule has 168 valence electrons. The van der Waals surface area contributed by atoms with Gasteiger partial charge in [-0.25, -0.2) is 23.4 Å². The van der Waals surface area contributed by atoms with Crippen LogP contribution in [0.25, 0.3) is 22.6 Å². The normalized spacial score (nSPS) is 13.4. The summed E-state index contributed by atoms with van der Waals surface area (Å²) in [5, 5.41) is -0.0687. The van der Waals surface area contributed by atoms with Crippen LogP contribution < -0.4 is 4.90 Å². The van der Waals surface area contributed by atoms with Crippen molar-refractivity contribution >= 4 is 40.3 Å². The van der Waals surface area contributed by atoms with Crippen LogP contribution in [0.1, 0.15) is 0 Å². The SMILES string of the molecule is COC(=O)C1=C(C(=O)OC)N(c2ccc3oc(-c4cc(F)c(F)cc4Cl)nc3c2)C=CC=C1. The van der Waals surface area contributed by atoms with Crippen LogP contribution in [0.5, 0.6) is 0 Å². The molecule has 0 radical (unpaired) electrons. The minimum absolute atomic E-state index is 0.0103. The van der Waals surface area contributed by atoms with Gasteiger partial charge in [0.25, 0.3) is 0 Å². The lowest BCUT2D eigenvalue weighted by molar-refractivity contribution is -0.139. The summed E-state index contributed by atoms with van der Waals surface area (Å²) in [6.45, 7) is 0. The molecule has 1 aromatic heterocycles. The van der Waals surface area contributed by atoms with Crippen LogP contribution in [-0.4, -0.2) is 31.1 Å². The van der Waals surface area contributed by atoms with Gasteiger partial charge in [-0.15, -0.1) is 0 Å². The molecule has 4 rings (SSSR count). The van der Waals surface area contributed by atoms with Crippen LogP contribution >= 0.6 is 11.6 Å². The van der Waals surface area contributed by atoms with E-state index in [0.717, 1.165) is 12.1 Å². The number of allylic oxidation sites excluding steroid dienone is 2. The molecule has 0 unspecified atom stereocenters. The van der Waals surface area contributed by atoms with Crippen molar-refractivity contribution < 1.29 is 32.3 Å². The topological polar surface area (TPSA) is 81.9 Å². The fourth-order valence-electron chi connectivity index (χ4n) is 3.23. The maximum Gasteiger partial charge on any atom is 0.355 e. The van der Waals surface area contributed by atoms with Crippen molar-refractivity contribution in [2.24, 2.45) is 0 Å². The van der Waals surface area contributed by atoms with E-state index in [4.69, 9.17) is 25.5 Å². The number of carbonyl (C=O) groups is 2. The number of fused-ring (bicyclic) bond motifs is 1. The van der Waals surface area contributed by atoms with Crippen molar-refractivity contribution in [3.63, 3.8) is 0 Å². The van der Waals surface area contributed by atoms with E-state index in [9.17, 15) is 18.4 Å². The lowest BCUT2D eigenvalue weighted by atomic mass is 10.1. The zero-order chi connectivity index (χ0) is 23.7. The number of halogens is 3. The van der Waals surface area contributed by atoms with Gasteiger partial charge in [-0.1, -0.05) is 17.7 Å². The zero-order valence-electron chi connectivity index (χ0n) is 17.3. The number of esters is 2. The first kappa shape index (κ1) is 22.2. The fourth-order valence-corrected chi connectivity index (χ4v) is 3.46. The van der Waals surface area contributed by atoms with E-state index < -0.39 is 23.6 Å². The van der Waals surface area contributed by atoms with Crippen molar-refractivity contribution in [2.45, 2.75) is 0 Å². The Balaban J connectivity index is 1.83. The second-order valence-electron chi connectivity index (χ2n) is 6.73. The molecule has 7 nitrogen and oxygen atoms in total. The Hall–Kier alpha value is -3.98. The van der Waals surface area contributed by atoms with Gasteiger partial charge in [0.2, 0.25) is 5.89 Å². The van der Waals surface area contributed by atoms with E-state index in [-0.39, 0.29) is 27.7 Å². The quantitative estimate of drug-likeness (QED) is 0.394. The van der Waals surface area contributed by atoms with E-state index in [1.54, 1.807) is 36.6 Å². The summed E-state index contributed by atoms with van der Waals surface area (Å²) in [6, 6.07) is 6.52. The van der Waals surface area contributed by atoms with Crippen LogP contribution in [0, 0.1) is 11.6 Å². The van der Waals surface area contributed by atoms with Crippen LogP contribution in [0.3, 0.4) is 0 Å². The Morgan fingerprint density at radius 1 is 1.03 bits per heavy atom. The number of methoxy groups -OCH3 is 2. The lowest BCUT2D eigenvalue weighted by Crippen LogP contribution is -2.26. The molecule has 0 amide bonds. The third-order valence-corrected chi connectivity index (χ3v) is 5.09. The summed E-state index contributed by atoms with van der Waals surface area (Å²) in [5.74, 6) is -3.69. The van der Waals surface area contributed by atoms with Gasteiger partial charge in [0.1, 0.15) is 11.2 Å². The van der Waals surface area contributed by atoms with Gasteiger partial charge >= 0.3 is 11.9 Å². The number of anilines is 1. The first-order valence-corrected chi connectivity index (χ1v) is 9.82. The second-order valence-corrected chi connectivity index (χ2v) is 7.14. The minimum atomic E-state index is -1.09. The summed E-state index contributed by atoms with van der Waals surface area (Å²) in [5.41, 5.74) is 1.13. The molecule has 0 atom stereocenters. The van der Waals surface area contributed by atoms with Crippen LogP contribution in [0.4, 0.5) is 14.5 Å². The van der Waals surface area contributed by atoms with Gasteiger partial charge in [0, 0.05) is 11.9 Å². The van der Waals surface area contributed by atoms with Crippen LogP contribution in [0.15, 0.2) is 70.4 Å². The first-order valence-electron chi connectivity index (χ1n) is 9.44. The van der Waals surface area contributed by atoms with Crippen molar-refractivity contribution in [1.82, 2.24) is 4.98 Å². The average Bonchev–Trinajstić information content (AvgIpc) is 3.10. The molecular weight excluding hydrogens is 458 g/mol. The van der Waals surface area contributed by atoms with E-state index in [0.29, 0.717) is 16.8 Å². The molecule has 0 saturated heterocycles. The molecule has 3 aromatic rings. The monoisotopic (exact) mass is 472 g/mol. The molecule has 0 aliphatic carbocycles. The van der Waals surface area contributed by atoms with Crippen molar-refractivity contribution in [1.29, 1.82) is 0 Å². The number of aromatic nitrogens is 1. The predicted octanol–water partition coefficient (Wildman–Crippen LogP) is 4.92.